The van der Waals surface area contributed by atoms with Gasteiger partial charge in [-0.3, -0.25) is 0 Å². The number of thiophene rings is 1. The van der Waals surface area contributed by atoms with E-state index in [1.54, 1.807) is 0 Å². The van der Waals surface area contributed by atoms with E-state index in [-0.39, 0.29) is 0 Å². The van der Waals surface area contributed by atoms with E-state index >= 15 is 0 Å². The van der Waals surface area contributed by atoms with Gasteiger partial charge in [0.1, 0.15) is 0 Å². The van der Waals surface area contributed by atoms with E-state index in [2.05, 4.69) is 65.1 Å². The minimum absolute atomic E-state index is 0.318. The van der Waals surface area contributed by atoms with Crippen LogP contribution in [-0.2, 0) is 6.42 Å². The summed E-state index contributed by atoms with van der Waals surface area (Å²) < 4.78 is 0. The van der Waals surface area contributed by atoms with Gasteiger partial charge < -0.3 is 5.32 Å². The molecule has 0 saturated heterocycles. The molecule has 1 N–H and O–H groups in total. The Hall–Kier alpha value is -1.12. The van der Waals surface area contributed by atoms with E-state index < -0.39 is 0 Å². The number of rotatable bonds is 5. The largest absolute Gasteiger partial charge is 0.306 e. The van der Waals surface area contributed by atoms with Crippen molar-refractivity contribution in [2.75, 3.05) is 6.54 Å². The monoisotopic (exact) mass is 301 g/mol. The number of aryl methyl sites for hydroxylation is 3. The number of hydrogen-bond acceptors (Lipinski definition) is 2. The molecular formula is C19H27NS. The molecule has 0 bridgehead atoms. The molecule has 114 valence electrons. The second-order valence-electron chi connectivity index (χ2n) is 5.82. The number of nitrogens with one attached hydrogen (secondary N) is 1. The summed E-state index contributed by atoms with van der Waals surface area (Å²) >= 11 is 1.94. The van der Waals surface area contributed by atoms with Gasteiger partial charge in [-0.05, 0) is 80.6 Å². The van der Waals surface area contributed by atoms with Crippen molar-refractivity contribution in [3.63, 3.8) is 0 Å². The maximum absolute atomic E-state index is 3.70. The normalized spacial score (nSPS) is 12.7. The summed E-state index contributed by atoms with van der Waals surface area (Å²) in [5.74, 6) is 0. The van der Waals surface area contributed by atoms with Gasteiger partial charge in [-0.25, -0.2) is 0 Å². The third-order valence-electron chi connectivity index (χ3n) is 4.44. The molecule has 0 radical (unpaired) electrons. The van der Waals surface area contributed by atoms with Gasteiger partial charge >= 0.3 is 0 Å². The lowest BCUT2D eigenvalue weighted by molar-refractivity contribution is 0.632. The Kier molecular flexibility index (Phi) is 5.23. The van der Waals surface area contributed by atoms with E-state index in [9.17, 15) is 0 Å². The van der Waals surface area contributed by atoms with Crippen molar-refractivity contribution < 1.29 is 0 Å². The summed E-state index contributed by atoms with van der Waals surface area (Å²) in [7, 11) is 0. The first-order valence-corrected chi connectivity index (χ1v) is 8.70. The number of hydrogen-bond donors (Lipinski definition) is 1. The zero-order valence-corrected chi connectivity index (χ0v) is 14.9. The van der Waals surface area contributed by atoms with Crippen molar-refractivity contribution in [2.45, 2.75) is 54.0 Å². The first-order chi connectivity index (χ1) is 9.99. The first kappa shape index (κ1) is 16.3. The molecule has 0 aliphatic heterocycles. The Morgan fingerprint density at radius 1 is 1.00 bits per heavy atom. The highest BCUT2D eigenvalue weighted by atomic mass is 32.1. The highest BCUT2D eigenvalue weighted by Gasteiger charge is 2.21. The Balaban J connectivity index is 2.57. The molecule has 0 amide bonds. The smallest absolute Gasteiger partial charge is 0.0676 e. The molecule has 1 aromatic carbocycles. The van der Waals surface area contributed by atoms with Crippen molar-refractivity contribution in [1.82, 2.24) is 5.32 Å². The molecule has 1 nitrogen and oxygen atoms in total. The van der Waals surface area contributed by atoms with Crippen molar-refractivity contribution in [2.24, 2.45) is 0 Å². The van der Waals surface area contributed by atoms with Gasteiger partial charge in [0.2, 0.25) is 0 Å². The minimum atomic E-state index is 0.318. The van der Waals surface area contributed by atoms with Crippen LogP contribution in [0.3, 0.4) is 0 Å². The van der Waals surface area contributed by atoms with Gasteiger partial charge in [-0.1, -0.05) is 19.9 Å². The van der Waals surface area contributed by atoms with Gasteiger partial charge in [0, 0.05) is 9.75 Å². The molecular weight excluding hydrogens is 274 g/mol. The molecule has 2 aromatic rings. The second-order valence-corrected chi connectivity index (χ2v) is 7.02. The zero-order valence-electron chi connectivity index (χ0n) is 14.1. The average molecular weight is 301 g/mol. The molecule has 0 saturated carbocycles. The highest BCUT2D eigenvalue weighted by molar-refractivity contribution is 7.12. The van der Waals surface area contributed by atoms with E-state index in [0.29, 0.717) is 6.04 Å². The van der Waals surface area contributed by atoms with Crippen LogP contribution in [0.5, 0.6) is 0 Å². The maximum Gasteiger partial charge on any atom is 0.0676 e. The van der Waals surface area contributed by atoms with Crippen LogP contribution in [0.4, 0.5) is 0 Å². The standard InChI is InChI=1S/C19H27NS/c1-7-16-9-10-17(21-16)19(20-8-2)18-14(5)12(3)11-13(4)15(18)6/h9-11,19-20H,7-8H2,1-6H3. The lowest BCUT2D eigenvalue weighted by atomic mass is 9.89. The fraction of sp³-hybridized carbons (Fsp3) is 0.474. The van der Waals surface area contributed by atoms with E-state index in [4.69, 9.17) is 0 Å². The van der Waals surface area contributed by atoms with Crippen LogP contribution in [-0.4, -0.2) is 6.54 Å². The third kappa shape index (κ3) is 3.22. The molecule has 0 aliphatic rings. The topological polar surface area (TPSA) is 12.0 Å². The molecule has 0 spiro atoms. The zero-order chi connectivity index (χ0) is 15.6. The summed E-state index contributed by atoms with van der Waals surface area (Å²) in [5.41, 5.74) is 7.11. The van der Waals surface area contributed by atoms with Crippen molar-refractivity contribution in [1.29, 1.82) is 0 Å². The number of benzene rings is 1. The van der Waals surface area contributed by atoms with Gasteiger partial charge in [-0.15, -0.1) is 11.3 Å². The Morgan fingerprint density at radius 2 is 1.62 bits per heavy atom. The van der Waals surface area contributed by atoms with Gasteiger partial charge in [0.15, 0.2) is 0 Å². The SMILES string of the molecule is CCNC(c1ccc(CC)s1)c1c(C)c(C)cc(C)c1C. The van der Waals surface area contributed by atoms with Crippen LogP contribution in [0.15, 0.2) is 18.2 Å². The lowest BCUT2D eigenvalue weighted by Gasteiger charge is -2.24. The second kappa shape index (κ2) is 6.76. The first-order valence-electron chi connectivity index (χ1n) is 7.88. The molecule has 2 heteroatoms. The Bertz CT molecular complexity index is 598. The van der Waals surface area contributed by atoms with Crippen molar-refractivity contribution in [3.8, 4) is 0 Å². The molecule has 1 atom stereocenters. The Morgan fingerprint density at radius 3 is 2.10 bits per heavy atom. The summed E-state index contributed by atoms with van der Waals surface area (Å²) in [5, 5.41) is 3.70. The summed E-state index contributed by atoms with van der Waals surface area (Å²) in [4.78, 5) is 2.90. The van der Waals surface area contributed by atoms with Crippen LogP contribution < -0.4 is 5.32 Å². The fourth-order valence-corrected chi connectivity index (χ4v) is 4.01. The molecule has 0 fully saturated rings. The van der Waals surface area contributed by atoms with Gasteiger partial charge in [0.25, 0.3) is 0 Å². The molecule has 1 unspecified atom stereocenters. The molecule has 0 aliphatic carbocycles. The molecule has 21 heavy (non-hydrogen) atoms. The third-order valence-corrected chi connectivity index (χ3v) is 5.73. The summed E-state index contributed by atoms with van der Waals surface area (Å²) in [6.45, 7) is 14.4. The lowest BCUT2D eigenvalue weighted by Crippen LogP contribution is -2.23. The molecule has 1 heterocycles. The van der Waals surface area contributed by atoms with Crippen LogP contribution in [0, 0.1) is 27.7 Å². The van der Waals surface area contributed by atoms with Crippen LogP contribution >= 0.6 is 11.3 Å². The summed E-state index contributed by atoms with van der Waals surface area (Å²) in [6, 6.07) is 7.20. The average Bonchev–Trinajstić information content (AvgIpc) is 2.93. The molecule has 2 rings (SSSR count). The maximum atomic E-state index is 3.70. The predicted octanol–water partition coefficient (Wildman–Crippen LogP) is 5.24. The van der Waals surface area contributed by atoms with Crippen molar-refractivity contribution >= 4 is 11.3 Å². The van der Waals surface area contributed by atoms with E-state index in [1.165, 1.54) is 37.6 Å². The van der Waals surface area contributed by atoms with Gasteiger partial charge in [0.05, 0.1) is 6.04 Å². The summed E-state index contributed by atoms with van der Waals surface area (Å²) in [6.07, 6.45) is 1.12. The van der Waals surface area contributed by atoms with Crippen molar-refractivity contribution in [3.05, 3.63) is 55.8 Å². The van der Waals surface area contributed by atoms with Gasteiger partial charge in [-0.2, -0.15) is 0 Å². The quantitative estimate of drug-likeness (QED) is 0.796. The Labute approximate surface area is 133 Å². The minimum Gasteiger partial charge on any atom is -0.306 e. The van der Waals surface area contributed by atoms with E-state index in [0.717, 1.165) is 13.0 Å². The van der Waals surface area contributed by atoms with Crippen LogP contribution in [0.1, 0.15) is 57.5 Å². The highest BCUT2D eigenvalue weighted by Crippen LogP contribution is 2.34. The molecule has 1 aromatic heterocycles. The fourth-order valence-electron chi connectivity index (χ4n) is 2.97. The van der Waals surface area contributed by atoms with E-state index in [1.807, 2.05) is 11.3 Å². The van der Waals surface area contributed by atoms with Crippen LogP contribution in [0.25, 0.3) is 0 Å². The predicted molar refractivity (Wildman–Crippen MR) is 94.6 cm³/mol. The van der Waals surface area contributed by atoms with Crippen LogP contribution in [0.2, 0.25) is 0 Å².